The van der Waals surface area contributed by atoms with Crippen LogP contribution in [-0.2, 0) is 17.8 Å². The fourth-order valence-corrected chi connectivity index (χ4v) is 3.41. The minimum atomic E-state index is -0.271. The molecule has 1 saturated carbocycles. The maximum absolute atomic E-state index is 12.6. The van der Waals surface area contributed by atoms with Gasteiger partial charge in [0.15, 0.2) is 0 Å². The van der Waals surface area contributed by atoms with Crippen LogP contribution in [0.5, 0.6) is 11.5 Å². The molecule has 4 rings (SSSR count). The van der Waals surface area contributed by atoms with Crippen molar-refractivity contribution >= 4 is 5.91 Å². The first kappa shape index (κ1) is 16.0. The molecular formula is C19H23N3O3. The Balaban J connectivity index is 1.32. The Morgan fingerprint density at radius 3 is 3.08 bits per heavy atom. The highest BCUT2D eigenvalue weighted by Crippen LogP contribution is 2.47. The van der Waals surface area contributed by atoms with Gasteiger partial charge in [-0.2, -0.15) is 5.10 Å². The number of fused-ring (bicyclic) bond motifs is 1. The summed E-state index contributed by atoms with van der Waals surface area (Å²) in [5.41, 5.74) is 0.899. The summed E-state index contributed by atoms with van der Waals surface area (Å²) in [5, 5.41) is 7.36. The molecule has 0 spiro atoms. The largest absolute Gasteiger partial charge is 0.497 e. The normalized spacial score (nSPS) is 20.3. The Bertz CT molecular complexity index is 753. The van der Waals surface area contributed by atoms with Crippen molar-refractivity contribution in [3.63, 3.8) is 0 Å². The molecule has 0 bridgehead atoms. The summed E-state index contributed by atoms with van der Waals surface area (Å²) < 4.78 is 12.9. The molecule has 1 amide bonds. The van der Waals surface area contributed by atoms with Gasteiger partial charge in [-0.05, 0) is 37.0 Å². The summed E-state index contributed by atoms with van der Waals surface area (Å²) in [7, 11) is 1.65. The first-order chi connectivity index (χ1) is 12.2. The molecule has 0 saturated heterocycles. The van der Waals surface area contributed by atoms with E-state index in [2.05, 4.69) is 10.4 Å². The number of carbonyl (C=O) groups is 1. The van der Waals surface area contributed by atoms with Crippen LogP contribution in [0, 0.1) is 11.3 Å². The van der Waals surface area contributed by atoms with E-state index in [1.54, 1.807) is 13.3 Å². The smallest absolute Gasteiger partial charge is 0.228 e. The third kappa shape index (κ3) is 3.34. The first-order valence-electron chi connectivity index (χ1n) is 8.74. The van der Waals surface area contributed by atoms with E-state index >= 15 is 0 Å². The van der Waals surface area contributed by atoms with Crippen molar-refractivity contribution in [2.24, 2.45) is 11.3 Å². The van der Waals surface area contributed by atoms with Gasteiger partial charge in [0.1, 0.15) is 11.5 Å². The van der Waals surface area contributed by atoms with Crippen molar-refractivity contribution in [3.8, 4) is 11.5 Å². The van der Waals surface area contributed by atoms with E-state index in [1.165, 1.54) is 5.56 Å². The van der Waals surface area contributed by atoms with Crippen LogP contribution < -0.4 is 14.8 Å². The van der Waals surface area contributed by atoms with E-state index in [0.29, 0.717) is 25.6 Å². The predicted molar refractivity (Wildman–Crippen MR) is 92.6 cm³/mol. The van der Waals surface area contributed by atoms with Crippen molar-refractivity contribution in [2.45, 2.75) is 25.8 Å². The summed E-state index contributed by atoms with van der Waals surface area (Å²) >= 11 is 0. The van der Waals surface area contributed by atoms with Gasteiger partial charge in [0.2, 0.25) is 5.91 Å². The van der Waals surface area contributed by atoms with Crippen LogP contribution in [-0.4, -0.2) is 35.9 Å². The lowest BCUT2D eigenvalue weighted by Crippen LogP contribution is -2.40. The molecule has 1 aromatic heterocycles. The third-order valence-corrected chi connectivity index (χ3v) is 5.17. The lowest BCUT2D eigenvalue weighted by Gasteiger charge is -2.26. The maximum atomic E-state index is 12.6. The summed E-state index contributed by atoms with van der Waals surface area (Å²) in [6, 6.07) is 7.81. The molecule has 1 aromatic carbocycles. The first-order valence-corrected chi connectivity index (χ1v) is 8.74. The van der Waals surface area contributed by atoms with Crippen LogP contribution in [0.4, 0.5) is 0 Å². The van der Waals surface area contributed by atoms with E-state index < -0.39 is 0 Å². The number of hydrogen-bond acceptors (Lipinski definition) is 4. The second-order valence-corrected chi connectivity index (χ2v) is 7.05. The van der Waals surface area contributed by atoms with E-state index in [4.69, 9.17) is 9.47 Å². The fraction of sp³-hybridized carbons (Fsp3) is 0.474. The molecule has 1 atom stereocenters. The van der Waals surface area contributed by atoms with Gasteiger partial charge < -0.3 is 14.8 Å². The van der Waals surface area contributed by atoms with Crippen molar-refractivity contribution in [1.29, 1.82) is 0 Å². The minimum absolute atomic E-state index is 0.142. The summed E-state index contributed by atoms with van der Waals surface area (Å²) in [6.45, 7) is 1.92. The van der Waals surface area contributed by atoms with Gasteiger partial charge in [0.05, 0.1) is 25.7 Å². The number of carbonyl (C=O) groups excluding carboxylic acids is 1. The highest BCUT2D eigenvalue weighted by atomic mass is 16.5. The van der Waals surface area contributed by atoms with Crippen LogP contribution in [0.15, 0.2) is 36.7 Å². The molecule has 1 aliphatic heterocycles. The molecule has 2 aromatic rings. The second-order valence-electron chi connectivity index (χ2n) is 7.05. The summed E-state index contributed by atoms with van der Waals surface area (Å²) in [4.78, 5) is 12.6. The SMILES string of the molecule is COc1ccc2c(c1)OC[C@@H](CNC(=O)C1(Cn3cccn3)CC1)C2. The van der Waals surface area contributed by atoms with E-state index in [-0.39, 0.29) is 11.3 Å². The monoisotopic (exact) mass is 341 g/mol. The highest BCUT2D eigenvalue weighted by Gasteiger charge is 2.50. The van der Waals surface area contributed by atoms with E-state index in [9.17, 15) is 4.79 Å². The third-order valence-electron chi connectivity index (χ3n) is 5.17. The number of methoxy groups -OCH3 is 1. The lowest BCUT2D eigenvalue weighted by molar-refractivity contribution is -0.127. The minimum Gasteiger partial charge on any atom is -0.497 e. The maximum Gasteiger partial charge on any atom is 0.228 e. The molecule has 1 N–H and O–H groups in total. The van der Waals surface area contributed by atoms with Gasteiger partial charge in [-0.1, -0.05) is 6.07 Å². The highest BCUT2D eigenvalue weighted by molar-refractivity contribution is 5.85. The summed E-state index contributed by atoms with van der Waals surface area (Å²) in [5.74, 6) is 2.13. The van der Waals surface area contributed by atoms with Gasteiger partial charge in [-0.3, -0.25) is 9.48 Å². The Hall–Kier alpha value is -2.50. The number of hydrogen-bond donors (Lipinski definition) is 1. The molecule has 1 aliphatic carbocycles. The number of nitrogens with one attached hydrogen (secondary N) is 1. The number of amides is 1. The van der Waals surface area contributed by atoms with E-state index in [1.807, 2.05) is 35.1 Å². The number of nitrogens with zero attached hydrogens (tertiary/aromatic N) is 2. The zero-order chi connectivity index (χ0) is 17.3. The molecule has 132 valence electrons. The van der Waals surface area contributed by atoms with Crippen molar-refractivity contribution in [1.82, 2.24) is 15.1 Å². The Kier molecular flexibility index (Phi) is 4.11. The van der Waals surface area contributed by atoms with Crippen LogP contribution in [0.3, 0.4) is 0 Å². The second kappa shape index (κ2) is 6.43. The quantitative estimate of drug-likeness (QED) is 0.873. The topological polar surface area (TPSA) is 65.4 Å². The molecular weight excluding hydrogens is 318 g/mol. The van der Waals surface area contributed by atoms with Crippen molar-refractivity contribution in [3.05, 3.63) is 42.2 Å². The summed E-state index contributed by atoms with van der Waals surface area (Å²) in [6.07, 6.45) is 6.43. The van der Waals surface area contributed by atoms with Crippen molar-refractivity contribution in [2.75, 3.05) is 20.3 Å². The standard InChI is InChI=1S/C19H23N3O3/c1-24-16-4-3-15-9-14(12-25-17(15)10-16)11-20-18(23)19(5-6-19)13-22-8-2-7-21-22/h2-4,7-8,10,14H,5-6,9,11-13H2,1H3,(H,20,23)/t14-/m1/s1. The lowest BCUT2D eigenvalue weighted by atomic mass is 9.96. The molecule has 2 aliphatic rings. The zero-order valence-corrected chi connectivity index (χ0v) is 14.4. The fourth-order valence-electron chi connectivity index (χ4n) is 3.41. The average molecular weight is 341 g/mol. The van der Waals surface area contributed by atoms with Gasteiger partial charge >= 0.3 is 0 Å². The van der Waals surface area contributed by atoms with Crippen LogP contribution in [0.1, 0.15) is 18.4 Å². The average Bonchev–Trinajstić information content (AvgIpc) is 3.25. The molecule has 6 nitrogen and oxygen atoms in total. The van der Waals surface area contributed by atoms with Gasteiger partial charge in [-0.25, -0.2) is 0 Å². The predicted octanol–water partition coefficient (Wildman–Crippen LogP) is 2.04. The molecule has 25 heavy (non-hydrogen) atoms. The van der Waals surface area contributed by atoms with Crippen LogP contribution in [0.25, 0.3) is 0 Å². The number of ether oxygens (including phenoxy) is 2. The van der Waals surface area contributed by atoms with Gasteiger partial charge in [-0.15, -0.1) is 0 Å². The molecule has 2 heterocycles. The van der Waals surface area contributed by atoms with Crippen molar-refractivity contribution < 1.29 is 14.3 Å². The van der Waals surface area contributed by atoms with Crippen LogP contribution in [0.2, 0.25) is 0 Å². The van der Waals surface area contributed by atoms with Gasteiger partial charge in [0.25, 0.3) is 0 Å². The van der Waals surface area contributed by atoms with Gasteiger partial charge in [0, 0.05) is 30.9 Å². The number of benzene rings is 1. The Morgan fingerprint density at radius 1 is 1.48 bits per heavy atom. The van der Waals surface area contributed by atoms with Crippen LogP contribution >= 0.6 is 0 Å². The molecule has 0 radical (unpaired) electrons. The number of aromatic nitrogens is 2. The number of rotatable bonds is 6. The molecule has 1 fully saturated rings. The Labute approximate surface area is 147 Å². The van der Waals surface area contributed by atoms with E-state index in [0.717, 1.165) is 30.8 Å². The molecule has 6 heteroatoms. The Morgan fingerprint density at radius 2 is 2.36 bits per heavy atom. The molecule has 0 unspecified atom stereocenters. The zero-order valence-electron chi connectivity index (χ0n) is 14.4.